The first kappa shape index (κ1) is 14.2. The molecule has 0 saturated heterocycles. The standard InChI is InChI=1S/C11H16N2O5/c1-2-18-11-4-8(12-6-10(15)7-14)3-9(5-11)13(16)17/h3-5,10,12,14-15H,2,6-7H2,1H3. The third kappa shape index (κ3) is 4.19. The summed E-state index contributed by atoms with van der Waals surface area (Å²) in [5, 5.41) is 31.4. The second-order valence-electron chi connectivity index (χ2n) is 3.62. The molecule has 100 valence electrons. The first-order valence-corrected chi connectivity index (χ1v) is 5.52. The summed E-state index contributed by atoms with van der Waals surface area (Å²) in [7, 11) is 0. The van der Waals surface area contributed by atoms with Gasteiger partial charge in [-0.3, -0.25) is 10.1 Å². The minimum Gasteiger partial charge on any atom is -0.494 e. The topological polar surface area (TPSA) is 105 Å². The lowest BCUT2D eigenvalue weighted by molar-refractivity contribution is -0.384. The fourth-order valence-electron chi connectivity index (χ4n) is 1.34. The van der Waals surface area contributed by atoms with Crippen molar-refractivity contribution in [2.24, 2.45) is 0 Å². The predicted octanol–water partition coefficient (Wildman–Crippen LogP) is 0.759. The summed E-state index contributed by atoms with van der Waals surface area (Å²) in [5.74, 6) is 0.382. The maximum atomic E-state index is 10.7. The fourth-order valence-corrected chi connectivity index (χ4v) is 1.34. The maximum Gasteiger partial charge on any atom is 0.275 e. The van der Waals surface area contributed by atoms with Gasteiger partial charge in [-0.15, -0.1) is 0 Å². The van der Waals surface area contributed by atoms with Crippen molar-refractivity contribution in [2.45, 2.75) is 13.0 Å². The first-order chi connectivity index (χ1) is 8.56. The summed E-state index contributed by atoms with van der Waals surface area (Å²) in [4.78, 5) is 10.2. The van der Waals surface area contributed by atoms with Crippen molar-refractivity contribution in [2.75, 3.05) is 25.1 Å². The van der Waals surface area contributed by atoms with Crippen molar-refractivity contribution in [3.63, 3.8) is 0 Å². The molecule has 18 heavy (non-hydrogen) atoms. The number of non-ortho nitro benzene ring substituents is 1. The summed E-state index contributed by atoms with van der Waals surface area (Å²) in [6, 6.07) is 4.27. The zero-order valence-electron chi connectivity index (χ0n) is 10.00. The molecule has 0 amide bonds. The number of nitro groups is 1. The van der Waals surface area contributed by atoms with Crippen molar-refractivity contribution in [3.05, 3.63) is 28.3 Å². The fraction of sp³-hybridized carbons (Fsp3) is 0.455. The lowest BCUT2D eigenvalue weighted by atomic mass is 10.2. The molecule has 1 rings (SSSR count). The van der Waals surface area contributed by atoms with Crippen LogP contribution in [0.25, 0.3) is 0 Å². The van der Waals surface area contributed by atoms with Crippen LogP contribution in [-0.4, -0.2) is 41.0 Å². The number of nitrogens with zero attached hydrogens (tertiary/aromatic N) is 1. The van der Waals surface area contributed by atoms with E-state index in [1.165, 1.54) is 12.1 Å². The van der Waals surface area contributed by atoms with E-state index in [0.29, 0.717) is 18.0 Å². The second kappa shape index (κ2) is 6.77. The molecule has 1 unspecified atom stereocenters. The average Bonchev–Trinajstić information content (AvgIpc) is 2.36. The minimum atomic E-state index is -0.917. The Hall–Kier alpha value is -1.86. The Morgan fingerprint density at radius 2 is 2.22 bits per heavy atom. The van der Waals surface area contributed by atoms with E-state index in [9.17, 15) is 15.2 Å². The third-order valence-electron chi connectivity index (χ3n) is 2.17. The normalized spacial score (nSPS) is 11.9. The van der Waals surface area contributed by atoms with Gasteiger partial charge in [-0.25, -0.2) is 0 Å². The van der Waals surface area contributed by atoms with Gasteiger partial charge in [0.15, 0.2) is 0 Å². The van der Waals surface area contributed by atoms with Crippen LogP contribution in [0.3, 0.4) is 0 Å². The number of nitrogens with one attached hydrogen (secondary N) is 1. The molecular weight excluding hydrogens is 240 g/mol. The molecule has 0 aliphatic rings. The van der Waals surface area contributed by atoms with Crippen LogP contribution in [0.1, 0.15) is 6.92 Å². The maximum absolute atomic E-state index is 10.7. The predicted molar refractivity (Wildman–Crippen MR) is 65.8 cm³/mol. The smallest absolute Gasteiger partial charge is 0.275 e. The van der Waals surface area contributed by atoms with Crippen LogP contribution < -0.4 is 10.1 Å². The van der Waals surface area contributed by atoms with Crippen molar-refractivity contribution >= 4 is 11.4 Å². The Morgan fingerprint density at radius 3 is 2.78 bits per heavy atom. The van der Waals surface area contributed by atoms with Gasteiger partial charge in [0.05, 0.1) is 30.3 Å². The van der Waals surface area contributed by atoms with Gasteiger partial charge in [0.25, 0.3) is 5.69 Å². The number of rotatable bonds is 7. The van der Waals surface area contributed by atoms with Gasteiger partial charge in [0, 0.05) is 24.4 Å². The summed E-state index contributed by atoms with van der Waals surface area (Å²) in [6.45, 7) is 1.91. The molecule has 0 heterocycles. The van der Waals surface area contributed by atoms with E-state index >= 15 is 0 Å². The van der Waals surface area contributed by atoms with Crippen LogP contribution in [0.2, 0.25) is 0 Å². The SMILES string of the molecule is CCOc1cc(NCC(O)CO)cc([N+](=O)[O-])c1. The molecule has 1 atom stereocenters. The number of aliphatic hydroxyl groups is 2. The minimum absolute atomic E-state index is 0.0954. The Labute approximate surface area is 104 Å². The first-order valence-electron chi connectivity index (χ1n) is 5.52. The molecule has 3 N–H and O–H groups in total. The summed E-state index contributed by atoms with van der Waals surface area (Å²) in [5.41, 5.74) is 0.363. The monoisotopic (exact) mass is 256 g/mol. The third-order valence-corrected chi connectivity index (χ3v) is 2.17. The number of hydrogen-bond donors (Lipinski definition) is 3. The molecule has 7 nitrogen and oxygen atoms in total. The van der Waals surface area contributed by atoms with E-state index in [1.54, 1.807) is 13.0 Å². The molecule has 0 saturated carbocycles. The highest BCUT2D eigenvalue weighted by Crippen LogP contribution is 2.26. The van der Waals surface area contributed by atoms with Gasteiger partial charge in [-0.1, -0.05) is 0 Å². The van der Waals surface area contributed by atoms with Crippen LogP contribution in [0.4, 0.5) is 11.4 Å². The van der Waals surface area contributed by atoms with E-state index in [-0.39, 0.29) is 18.8 Å². The Balaban J connectivity index is 2.85. The molecule has 0 fully saturated rings. The summed E-state index contributed by atoms with van der Waals surface area (Å²) in [6.07, 6.45) is -0.917. The van der Waals surface area contributed by atoms with Gasteiger partial charge in [0.1, 0.15) is 5.75 Å². The number of nitro benzene ring substituents is 1. The number of hydrogen-bond acceptors (Lipinski definition) is 6. The molecular formula is C11H16N2O5. The van der Waals surface area contributed by atoms with Crippen molar-refractivity contribution in [1.29, 1.82) is 0 Å². The second-order valence-corrected chi connectivity index (χ2v) is 3.62. The van der Waals surface area contributed by atoms with E-state index in [0.717, 1.165) is 0 Å². The summed E-state index contributed by atoms with van der Waals surface area (Å²) < 4.78 is 5.21. The largest absolute Gasteiger partial charge is 0.494 e. The lowest BCUT2D eigenvalue weighted by Crippen LogP contribution is -2.22. The Kier molecular flexibility index (Phi) is 5.34. The van der Waals surface area contributed by atoms with Gasteiger partial charge >= 0.3 is 0 Å². The van der Waals surface area contributed by atoms with Gasteiger partial charge in [0.2, 0.25) is 0 Å². The van der Waals surface area contributed by atoms with Crippen LogP contribution in [0.5, 0.6) is 5.75 Å². The van der Waals surface area contributed by atoms with Crippen LogP contribution in [0.15, 0.2) is 18.2 Å². The number of benzene rings is 1. The van der Waals surface area contributed by atoms with Gasteiger partial charge in [-0.05, 0) is 6.92 Å². The number of ether oxygens (including phenoxy) is 1. The highest BCUT2D eigenvalue weighted by Gasteiger charge is 2.11. The van der Waals surface area contributed by atoms with E-state index in [4.69, 9.17) is 9.84 Å². The van der Waals surface area contributed by atoms with E-state index in [2.05, 4.69) is 5.32 Å². The highest BCUT2D eigenvalue weighted by atomic mass is 16.6. The molecule has 0 bridgehead atoms. The highest BCUT2D eigenvalue weighted by molar-refractivity contribution is 5.56. The molecule has 0 spiro atoms. The van der Waals surface area contributed by atoms with Gasteiger partial charge in [-0.2, -0.15) is 0 Å². The summed E-state index contributed by atoms with van der Waals surface area (Å²) >= 11 is 0. The molecule has 0 aliphatic carbocycles. The van der Waals surface area contributed by atoms with E-state index in [1.807, 2.05) is 0 Å². The van der Waals surface area contributed by atoms with Gasteiger partial charge < -0.3 is 20.3 Å². The van der Waals surface area contributed by atoms with Crippen molar-refractivity contribution in [3.8, 4) is 5.75 Å². The number of aliphatic hydroxyl groups excluding tert-OH is 2. The Bertz CT molecular complexity index is 410. The zero-order chi connectivity index (χ0) is 13.5. The average molecular weight is 256 g/mol. The quantitative estimate of drug-likeness (QED) is 0.491. The molecule has 0 aliphatic heterocycles. The van der Waals surface area contributed by atoms with Crippen LogP contribution in [0, 0.1) is 10.1 Å². The zero-order valence-corrected chi connectivity index (χ0v) is 10.00. The molecule has 0 aromatic heterocycles. The molecule has 7 heteroatoms. The molecule has 1 aromatic rings. The molecule has 0 radical (unpaired) electrons. The van der Waals surface area contributed by atoms with Crippen molar-refractivity contribution in [1.82, 2.24) is 0 Å². The van der Waals surface area contributed by atoms with Crippen LogP contribution in [-0.2, 0) is 0 Å². The Morgan fingerprint density at radius 1 is 1.50 bits per heavy atom. The number of anilines is 1. The van der Waals surface area contributed by atoms with Crippen LogP contribution >= 0.6 is 0 Å². The van der Waals surface area contributed by atoms with Crippen molar-refractivity contribution < 1.29 is 19.9 Å². The lowest BCUT2D eigenvalue weighted by Gasteiger charge is -2.11. The molecule has 1 aromatic carbocycles. The van der Waals surface area contributed by atoms with E-state index < -0.39 is 11.0 Å².